The Labute approximate surface area is 184 Å². The monoisotopic (exact) mass is 408 g/mol. The highest BCUT2D eigenvalue weighted by Gasteiger charge is 2.20. The first-order chi connectivity index (χ1) is 14.8. The van der Waals surface area contributed by atoms with Gasteiger partial charge in [-0.1, -0.05) is 38.2 Å². The van der Waals surface area contributed by atoms with Gasteiger partial charge < -0.3 is 9.47 Å². The first-order valence-corrected chi connectivity index (χ1v) is 12.3. The molecule has 2 saturated carbocycles. The van der Waals surface area contributed by atoms with Crippen LogP contribution < -0.4 is 9.47 Å². The van der Waals surface area contributed by atoms with Crippen molar-refractivity contribution in [3.8, 4) is 23.3 Å². The second-order valence-electron chi connectivity index (χ2n) is 9.19. The van der Waals surface area contributed by atoms with E-state index in [0.29, 0.717) is 11.8 Å². The van der Waals surface area contributed by atoms with Crippen molar-refractivity contribution in [2.75, 3.05) is 13.2 Å². The highest BCUT2D eigenvalue weighted by molar-refractivity contribution is 5.31. The van der Waals surface area contributed by atoms with E-state index in [9.17, 15) is 0 Å². The van der Waals surface area contributed by atoms with Crippen molar-refractivity contribution in [2.45, 2.75) is 78.1 Å². The molecule has 0 saturated heterocycles. The number of hydrogen-bond donors (Lipinski definition) is 0. The highest BCUT2D eigenvalue weighted by Crippen LogP contribution is 2.31. The molecular weight excluding hydrogens is 368 g/mol. The molecule has 0 bridgehead atoms. The van der Waals surface area contributed by atoms with Crippen molar-refractivity contribution in [2.24, 2.45) is 23.7 Å². The zero-order valence-electron chi connectivity index (χ0n) is 19.1. The molecule has 0 aliphatic heterocycles. The number of ether oxygens (including phenoxy) is 2. The minimum absolute atomic E-state index is 0.566. The van der Waals surface area contributed by atoms with Crippen molar-refractivity contribution in [1.82, 2.24) is 0 Å². The molecule has 0 heterocycles. The van der Waals surface area contributed by atoms with E-state index < -0.39 is 0 Å². The number of hydrogen-bond acceptors (Lipinski definition) is 2. The summed E-state index contributed by atoms with van der Waals surface area (Å²) < 4.78 is 11.6. The van der Waals surface area contributed by atoms with Gasteiger partial charge in [0.25, 0.3) is 0 Å². The maximum atomic E-state index is 6.02. The summed E-state index contributed by atoms with van der Waals surface area (Å²) in [6.45, 7) is 6.03. The molecule has 1 aromatic carbocycles. The van der Waals surface area contributed by atoms with E-state index in [2.05, 4.69) is 37.8 Å². The minimum atomic E-state index is 0.566. The third kappa shape index (κ3) is 7.75. The molecule has 164 valence electrons. The summed E-state index contributed by atoms with van der Waals surface area (Å²) in [7, 11) is 0. The van der Waals surface area contributed by atoms with Gasteiger partial charge in [-0.25, -0.2) is 0 Å². The van der Waals surface area contributed by atoms with E-state index in [1.165, 1.54) is 57.8 Å². The van der Waals surface area contributed by atoms with Gasteiger partial charge >= 0.3 is 0 Å². The Morgan fingerprint density at radius 2 is 1.47 bits per heavy atom. The number of rotatable bonds is 8. The molecule has 0 N–H and O–H groups in total. The highest BCUT2D eigenvalue weighted by atomic mass is 16.5. The number of allylic oxidation sites excluding steroid dienone is 2. The van der Waals surface area contributed by atoms with E-state index in [-0.39, 0.29) is 0 Å². The van der Waals surface area contributed by atoms with Crippen LogP contribution in [0.15, 0.2) is 36.4 Å². The Hall–Kier alpha value is -1.88. The molecule has 0 unspecified atom stereocenters. The predicted molar refractivity (Wildman–Crippen MR) is 126 cm³/mol. The van der Waals surface area contributed by atoms with Crippen molar-refractivity contribution in [3.05, 3.63) is 36.4 Å². The Morgan fingerprint density at radius 1 is 0.833 bits per heavy atom. The van der Waals surface area contributed by atoms with Crippen LogP contribution in [0.3, 0.4) is 0 Å². The largest absolute Gasteiger partial charge is 0.494 e. The summed E-state index contributed by atoms with van der Waals surface area (Å²) >= 11 is 0. The summed E-state index contributed by atoms with van der Waals surface area (Å²) in [5.41, 5.74) is 0. The maximum Gasteiger partial charge on any atom is 0.119 e. The van der Waals surface area contributed by atoms with Gasteiger partial charge in [0, 0.05) is 5.92 Å². The molecule has 2 aliphatic rings. The van der Waals surface area contributed by atoms with Gasteiger partial charge in [-0.2, -0.15) is 0 Å². The smallest absolute Gasteiger partial charge is 0.119 e. The van der Waals surface area contributed by atoms with Crippen LogP contribution in [-0.2, 0) is 0 Å². The normalized spacial score (nSPS) is 26.7. The molecule has 0 radical (unpaired) electrons. The molecule has 0 amide bonds. The lowest BCUT2D eigenvalue weighted by molar-refractivity contribution is 0.196. The van der Waals surface area contributed by atoms with E-state index in [0.717, 1.165) is 43.0 Å². The molecule has 0 spiro atoms. The van der Waals surface area contributed by atoms with Crippen molar-refractivity contribution in [3.63, 3.8) is 0 Å². The van der Waals surface area contributed by atoms with Gasteiger partial charge in [0.15, 0.2) is 0 Å². The van der Waals surface area contributed by atoms with Crippen LogP contribution >= 0.6 is 0 Å². The SMILES string of the molecule is CCCOc1ccc(OC[C@H]2CC[C@H](C#C/C=C/[C@H]3CC[C@H](CC)CC3)CC2)cc1. The molecule has 2 aliphatic carbocycles. The van der Waals surface area contributed by atoms with Gasteiger partial charge in [0.1, 0.15) is 11.5 Å². The minimum Gasteiger partial charge on any atom is -0.494 e. The maximum absolute atomic E-state index is 6.02. The standard InChI is InChI=1S/C28H40O2/c1-3-21-29-27-17-19-28(20-18-27)30-22-26-15-13-25(14-16-26)8-6-5-7-24-11-9-23(4-2)10-12-24/h5,7,17-20,23-26H,3-4,9-16,21-22H2,1-2H3/b7-5+/t23-,24-,25-,26-. The van der Waals surface area contributed by atoms with Gasteiger partial charge in [-0.15, -0.1) is 0 Å². The van der Waals surface area contributed by atoms with Gasteiger partial charge in [-0.3, -0.25) is 0 Å². The first-order valence-electron chi connectivity index (χ1n) is 12.3. The average Bonchev–Trinajstić information content (AvgIpc) is 2.81. The molecule has 30 heavy (non-hydrogen) atoms. The average molecular weight is 409 g/mol. The van der Waals surface area contributed by atoms with Gasteiger partial charge in [-0.05, 0) is 106 Å². The molecule has 0 aromatic heterocycles. The van der Waals surface area contributed by atoms with Crippen molar-refractivity contribution in [1.29, 1.82) is 0 Å². The Kier molecular flexibility index (Phi) is 9.68. The summed E-state index contributed by atoms with van der Waals surface area (Å²) in [6, 6.07) is 8.03. The fourth-order valence-electron chi connectivity index (χ4n) is 4.68. The third-order valence-corrected chi connectivity index (χ3v) is 6.84. The molecular formula is C28H40O2. The molecule has 2 heteroatoms. The summed E-state index contributed by atoms with van der Waals surface area (Å²) in [5.74, 6) is 11.7. The van der Waals surface area contributed by atoms with E-state index >= 15 is 0 Å². The van der Waals surface area contributed by atoms with Gasteiger partial charge in [0.05, 0.1) is 13.2 Å². The lowest BCUT2D eigenvalue weighted by Crippen LogP contribution is -2.19. The van der Waals surface area contributed by atoms with Crippen molar-refractivity contribution >= 4 is 0 Å². The summed E-state index contributed by atoms with van der Waals surface area (Å²) in [6.07, 6.45) is 17.3. The van der Waals surface area contributed by atoms with Crippen LogP contribution in [0.5, 0.6) is 11.5 Å². The quantitative estimate of drug-likeness (QED) is 0.416. The fraction of sp³-hybridized carbons (Fsp3) is 0.643. The van der Waals surface area contributed by atoms with Crippen LogP contribution in [-0.4, -0.2) is 13.2 Å². The Bertz CT molecular complexity index is 678. The van der Waals surface area contributed by atoms with Crippen molar-refractivity contribution < 1.29 is 9.47 Å². The van der Waals surface area contributed by atoms with Crippen LogP contribution in [0.1, 0.15) is 78.1 Å². The zero-order chi connectivity index (χ0) is 21.0. The second-order valence-corrected chi connectivity index (χ2v) is 9.19. The molecule has 2 nitrogen and oxygen atoms in total. The predicted octanol–water partition coefficient (Wildman–Crippen LogP) is 7.44. The summed E-state index contributed by atoms with van der Waals surface area (Å²) in [4.78, 5) is 0. The number of benzene rings is 1. The molecule has 3 rings (SSSR count). The lowest BCUT2D eigenvalue weighted by atomic mass is 9.81. The zero-order valence-corrected chi connectivity index (χ0v) is 19.1. The van der Waals surface area contributed by atoms with E-state index in [4.69, 9.17) is 9.47 Å². The molecule has 0 atom stereocenters. The van der Waals surface area contributed by atoms with E-state index in [1.54, 1.807) is 0 Å². The van der Waals surface area contributed by atoms with E-state index in [1.807, 2.05) is 24.3 Å². The third-order valence-electron chi connectivity index (χ3n) is 6.84. The van der Waals surface area contributed by atoms with Gasteiger partial charge in [0.2, 0.25) is 0 Å². The Morgan fingerprint density at radius 3 is 2.10 bits per heavy atom. The fourth-order valence-corrected chi connectivity index (χ4v) is 4.68. The van der Waals surface area contributed by atoms with Crippen LogP contribution in [0.25, 0.3) is 0 Å². The Balaban J connectivity index is 1.31. The molecule has 1 aromatic rings. The summed E-state index contributed by atoms with van der Waals surface area (Å²) in [5, 5.41) is 0. The van der Waals surface area contributed by atoms with Crippen LogP contribution in [0.2, 0.25) is 0 Å². The molecule has 2 fully saturated rings. The van der Waals surface area contributed by atoms with Crippen LogP contribution in [0, 0.1) is 35.5 Å². The lowest BCUT2D eigenvalue weighted by Gasteiger charge is -2.25. The van der Waals surface area contributed by atoms with Crippen LogP contribution in [0.4, 0.5) is 0 Å². The second kappa shape index (κ2) is 12.7. The first kappa shape index (κ1) is 22.8. The topological polar surface area (TPSA) is 18.5 Å².